The molecule has 0 aliphatic carbocycles. The summed E-state index contributed by atoms with van der Waals surface area (Å²) in [7, 11) is 1.75. The highest BCUT2D eigenvalue weighted by atomic mass is 16.3. The average molecular weight is 247 g/mol. The van der Waals surface area contributed by atoms with E-state index in [-0.39, 0.29) is 11.9 Å². The summed E-state index contributed by atoms with van der Waals surface area (Å²) in [4.78, 5) is 12.0. The molecule has 1 N–H and O–H groups in total. The van der Waals surface area contributed by atoms with Gasteiger partial charge in [-0.3, -0.25) is 9.48 Å². The molecule has 0 spiro atoms. The van der Waals surface area contributed by atoms with Crippen molar-refractivity contribution in [2.24, 2.45) is 7.05 Å². The molecule has 0 saturated carbocycles. The van der Waals surface area contributed by atoms with Gasteiger partial charge in [0.2, 0.25) is 0 Å². The average Bonchev–Trinajstić information content (AvgIpc) is 2.97. The molecule has 2 aromatic rings. The number of rotatable bonds is 4. The van der Waals surface area contributed by atoms with Crippen molar-refractivity contribution < 1.29 is 9.21 Å². The van der Waals surface area contributed by atoms with Crippen LogP contribution in [0.25, 0.3) is 11.5 Å². The smallest absolute Gasteiger partial charge is 0.269 e. The van der Waals surface area contributed by atoms with E-state index in [1.165, 1.54) is 0 Å². The van der Waals surface area contributed by atoms with E-state index >= 15 is 0 Å². The summed E-state index contributed by atoms with van der Waals surface area (Å²) in [6.07, 6.45) is 2.48. The highest BCUT2D eigenvalue weighted by Crippen LogP contribution is 2.19. The summed E-state index contributed by atoms with van der Waals surface area (Å²) < 4.78 is 6.83. The molecule has 5 nitrogen and oxygen atoms in total. The molecule has 0 radical (unpaired) electrons. The summed E-state index contributed by atoms with van der Waals surface area (Å²) in [5.74, 6) is 0.547. The predicted molar refractivity (Wildman–Crippen MR) is 68.1 cm³/mol. The zero-order valence-corrected chi connectivity index (χ0v) is 10.8. The number of aryl methyl sites for hydroxylation is 1. The van der Waals surface area contributed by atoms with Crippen LogP contribution in [0.15, 0.2) is 28.9 Å². The second-order valence-corrected chi connectivity index (χ2v) is 4.30. The van der Waals surface area contributed by atoms with E-state index in [9.17, 15) is 4.79 Å². The monoisotopic (exact) mass is 247 g/mol. The number of carbonyl (C=O) groups is 1. The van der Waals surface area contributed by atoms with Crippen LogP contribution in [-0.2, 0) is 7.05 Å². The second kappa shape index (κ2) is 5.08. The molecule has 2 aromatic heterocycles. The van der Waals surface area contributed by atoms with Gasteiger partial charge >= 0.3 is 0 Å². The minimum atomic E-state index is -0.114. The molecule has 2 rings (SSSR count). The Balaban J connectivity index is 2.22. The van der Waals surface area contributed by atoms with Gasteiger partial charge in [0.25, 0.3) is 5.91 Å². The fourth-order valence-electron chi connectivity index (χ4n) is 1.62. The van der Waals surface area contributed by atoms with Crippen LogP contribution in [0.3, 0.4) is 0 Å². The van der Waals surface area contributed by atoms with Crippen molar-refractivity contribution in [3.8, 4) is 11.5 Å². The van der Waals surface area contributed by atoms with Gasteiger partial charge in [-0.1, -0.05) is 6.92 Å². The van der Waals surface area contributed by atoms with Gasteiger partial charge in [-0.05, 0) is 25.5 Å². The van der Waals surface area contributed by atoms with Crippen LogP contribution < -0.4 is 5.32 Å². The fraction of sp³-hybridized carbons (Fsp3) is 0.385. The molecule has 18 heavy (non-hydrogen) atoms. The van der Waals surface area contributed by atoms with Crippen LogP contribution in [0.1, 0.15) is 30.8 Å². The van der Waals surface area contributed by atoms with Gasteiger partial charge < -0.3 is 9.73 Å². The molecular weight excluding hydrogens is 230 g/mol. The van der Waals surface area contributed by atoms with Gasteiger partial charge in [0.15, 0.2) is 5.76 Å². The van der Waals surface area contributed by atoms with Crippen molar-refractivity contribution in [2.45, 2.75) is 26.3 Å². The van der Waals surface area contributed by atoms with Gasteiger partial charge in [0, 0.05) is 19.2 Å². The Labute approximate surface area is 106 Å². The molecule has 1 amide bonds. The highest BCUT2D eigenvalue weighted by molar-refractivity contribution is 5.93. The summed E-state index contributed by atoms with van der Waals surface area (Å²) in [6, 6.07) is 5.50. The van der Waals surface area contributed by atoms with E-state index < -0.39 is 0 Å². The summed E-state index contributed by atoms with van der Waals surface area (Å²) in [5, 5.41) is 7.18. The van der Waals surface area contributed by atoms with E-state index in [2.05, 4.69) is 10.4 Å². The standard InChI is InChI=1S/C13H17N3O2/c1-4-9(2)14-13(17)11-8-10(15-16(11)3)12-6-5-7-18-12/h5-9H,4H2,1-3H3,(H,14,17). The van der Waals surface area contributed by atoms with Crippen LogP contribution in [-0.4, -0.2) is 21.7 Å². The molecule has 5 heteroatoms. The largest absolute Gasteiger partial charge is 0.463 e. The van der Waals surface area contributed by atoms with E-state index in [4.69, 9.17) is 4.42 Å². The number of nitrogens with zero attached hydrogens (tertiary/aromatic N) is 2. The van der Waals surface area contributed by atoms with Crippen molar-refractivity contribution in [1.29, 1.82) is 0 Å². The van der Waals surface area contributed by atoms with Crippen molar-refractivity contribution >= 4 is 5.91 Å². The maximum Gasteiger partial charge on any atom is 0.269 e. The first-order valence-corrected chi connectivity index (χ1v) is 6.00. The highest BCUT2D eigenvalue weighted by Gasteiger charge is 2.16. The Hall–Kier alpha value is -2.04. The third kappa shape index (κ3) is 2.45. The predicted octanol–water partition coefficient (Wildman–Crippen LogP) is 2.21. The lowest BCUT2D eigenvalue weighted by Gasteiger charge is -2.10. The lowest BCUT2D eigenvalue weighted by atomic mass is 10.2. The molecule has 0 aliphatic heterocycles. The van der Waals surface area contributed by atoms with Gasteiger partial charge in [-0.15, -0.1) is 0 Å². The van der Waals surface area contributed by atoms with E-state index in [0.717, 1.165) is 6.42 Å². The fourth-order valence-corrected chi connectivity index (χ4v) is 1.62. The van der Waals surface area contributed by atoms with E-state index in [0.29, 0.717) is 17.1 Å². The number of furan rings is 1. The molecule has 0 aliphatic rings. The topological polar surface area (TPSA) is 60.1 Å². The van der Waals surface area contributed by atoms with Crippen LogP contribution in [0.5, 0.6) is 0 Å². The van der Waals surface area contributed by atoms with Crippen molar-refractivity contribution in [2.75, 3.05) is 0 Å². The van der Waals surface area contributed by atoms with Gasteiger partial charge in [0.1, 0.15) is 11.4 Å². The van der Waals surface area contributed by atoms with Gasteiger partial charge in [-0.2, -0.15) is 5.10 Å². The summed E-state index contributed by atoms with van der Waals surface area (Å²) >= 11 is 0. The Morgan fingerprint density at radius 1 is 1.61 bits per heavy atom. The second-order valence-electron chi connectivity index (χ2n) is 4.30. The van der Waals surface area contributed by atoms with Crippen LogP contribution >= 0.6 is 0 Å². The van der Waals surface area contributed by atoms with Crippen LogP contribution in [0, 0.1) is 0 Å². The quantitative estimate of drug-likeness (QED) is 0.901. The maximum absolute atomic E-state index is 12.0. The van der Waals surface area contributed by atoms with Crippen LogP contribution in [0.4, 0.5) is 0 Å². The normalized spacial score (nSPS) is 12.4. The molecule has 0 bridgehead atoms. The minimum absolute atomic E-state index is 0.114. The third-order valence-corrected chi connectivity index (χ3v) is 2.88. The summed E-state index contributed by atoms with van der Waals surface area (Å²) in [6.45, 7) is 4.00. The zero-order valence-electron chi connectivity index (χ0n) is 10.8. The van der Waals surface area contributed by atoms with Crippen molar-refractivity contribution in [3.05, 3.63) is 30.2 Å². The molecule has 1 unspecified atom stereocenters. The molecule has 0 saturated heterocycles. The number of hydrogen-bond donors (Lipinski definition) is 1. The van der Waals surface area contributed by atoms with Gasteiger partial charge in [-0.25, -0.2) is 0 Å². The first-order valence-electron chi connectivity index (χ1n) is 6.00. The molecule has 0 fully saturated rings. The van der Waals surface area contributed by atoms with Crippen molar-refractivity contribution in [3.63, 3.8) is 0 Å². The molecule has 0 aromatic carbocycles. The molecular formula is C13H17N3O2. The Bertz CT molecular complexity index is 528. The van der Waals surface area contributed by atoms with Crippen LogP contribution in [0.2, 0.25) is 0 Å². The number of aromatic nitrogens is 2. The summed E-state index contributed by atoms with van der Waals surface area (Å²) in [5.41, 5.74) is 1.19. The number of carbonyl (C=O) groups excluding carboxylic acids is 1. The first-order chi connectivity index (χ1) is 8.61. The van der Waals surface area contributed by atoms with E-state index in [1.807, 2.05) is 19.9 Å². The lowest BCUT2D eigenvalue weighted by Crippen LogP contribution is -2.33. The number of amides is 1. The Morgan fingerprint density at radius 2 is 2.39 bits per heavy atom. The Kier molecular flexibility index (Phi) is 3.50. The number of nitrogens with one attached hydrogen (secondary N) is 1. The molecule has 2 heterocycles. The third-order valence-electron chi connectivity index (χ3n) is 2.88. The maximum atomic E-state index is 12.0. The first kappa shape index (κ1) is 12.4. The van der Waals surface area contributed by atoms with Gasteiger partial charge in [0.05, 0.1) is 6.26 Å². The minimum Gasteiger partial charge on any atom is -0.463 e. The molecule has 96 valence electrons. The Morgan fingerprint density at radius 3 is 3.00 bits per heavy atom. The number of hydrogen-bond acceptors (Lipinski definition) is 3. The molecule has 1 atom stereocenters. The van der Waals surface area contributed by atoms with E-state index in [1.54, 1.807) is 30.1 Å². The zero-order chi connectivity index (χ0) is 13.1. The van der Waals surface area contributed by atoms with Crippen molar-refractivity contribution in [1.82, 2.24) is 15.1 Å². The lowest BCUT2D eigenvalue weighted by molar-refractivity contribution is 0.0930. The SMILES string of the molecule is CCC(C)NC(=O)c1cc(-c2ccco2)nn1C.